The molecular formula is C14H19BrClNO. The van der Waals surface area contributed by atoms with Crippen molar-refractivity contribution in [3.63, 3.8) is 0 Å². The second-order valence-corrected chi connectivity index (χ2v) is 6.00. The van der Waals surface area contributed by atoms with Gasteiger partial charge in [0.05, 0.1) is 7.11 Å². The number of hydrogen-bond acceptors (Lipinski definition) is 2. The molecule has 1 heterocycles. The Bertz CT molecular complexity index is 413. The van der Waals surface area contributed by atoms with E-state index in [0.29, 0.717) is 6.04 Å². The smallest absolute Gasteiger partial charge is 0.123 e. The average molecular weight is 333 g/mol. The number of ether oxygens (including phenoxy) is 1. The van der Waals surface area contributed by atoms with Gasteiger partial charge in [0.2, 0.25) is 0 Å². The molecule has 100 valence electrons. The van der Waals surface area contributed by atoms with Crippen LogP contribution in [0.3, 0.4) is 0 Å². The highest BCUT2D eigenvalue weighted by Gasteiger charge is 2.30. The van der Waals surface area contributed by atoms with E-state index in [2.05, 4.69) is 27.8 Å². The van der Waals surface area contributed by atoms with Crippen molar-refractivity contribution in [3.8, 4) is 5.75 Å². The number of likely N-dealkylation sites (tertiary alicyclic amines) is 1. The minimum Gasteiger partial charge on any atom is -0.496 e. The number of benzene rings is 1. The van der Waals surface area contributed by atoms with Crippen LogP contribution in [-0.4, -0.2) is 29.9 Å². The minimum atomic E-state index is 0.605. The van der Waals surface area contributed by atoms with E-state index in [0.717, 1.165) is 35.1 Å². The molecule has 2 atom stereocenters. The van der Waals surface area contributed by atoms with E-state index in [1.165, 1.54) is 12.0 Å². The third kappa shape index (κ3) is 3.01. The number of halogens is 2. The molecule has 18 heavy (non-hydrogen) atoms. The van der Waals surface area contributed by atoms with Crippen molar-refractivity contribution in [1.29, 1.82) is 0 Å². The van der Waals surface area contributed by atoms with Gasteiger partial charge in [-0.25, -0.2) is 0 Å². The van der Waals surface area contributed by atoms with Crippen molar-refractivity contribution < 1.29 is 4.74 Å². The molecule has 2 rings (SSSR count). The zero-order valence-corrected chi connectivity index (χ0v) is 13.2. The van der Waals surface area contributed by atoms with Gasteiger partial charge >= 0.3 is 0 Å². The van der Waals surface area contributed by atoms with Gasteiger partial charge in [-0.2, -0.15) is 0 Å². The van der Waals surface area contributed by atoms with Gasteiger partial charge in [-0.3, -0.25) is 4.90 Å². The zero-order valence-electron chi connectivity index (χ0n) is 10.8. The Hall–Kier alpha value is -0.250. The number of hydrogen-bond donors (Lipinski definition) is 0. The number of nitrogens with zero attached hydrogens (tertiary/aromatic N) is 1. The second-order valence-electron chi connectivity index (χ2n) is 4.91. The molecule has 0 saturated carbocycles. The van der Waals surface area contributed by atoms with E-state index in [9.17, 15) is 0 Å². The van der Waals surface area contributed by atoms with Gasteiger partial charge < -0.3 is 4.74 Å². The first-order valence-corrected chi connectivity index (χ1v) is 7.78. The van der Waals surface area contributed by atoms with Crippen LogP contribution in [0.15, 0.2) is 18.2 Å². The second kappa shape index (κ2) is 6.27. The first-order valence-electron chi connectivity index (χ1n) is 6.28. The molecule has 0 aromatic heterocycles. The van der Waals surface area contributed by atoms with Gasteiger partial charge in [0, 0.05) is 28.5 Å². The lowest BCUT2D eigenvalue weighted by Crippen LogP contribution is -2.33. The van der Waals surface area contributed by atoms with Crippen molar-refractivity contribution in [2.45, 2.75) is 25.9 Å². The summed E-state index contributed by atoms with van der Waals surface area (Å²) >= 11 is 9.70. The van der Waals surface area contributed by atoms with Crippen LogP contribution in [0.2, 0.25) is 5.02 Å². The quantitative estimate of drug-likeness (QED) is 0.774. The molecule has 1 fully saturated rings. The molecule has 2 nitrogen and oxygen atoms in total. The van der Waals surface area contributed by atoms with Gasteiger partial charge in [0.1, 0.15) is 5.75 Å². The molecule has 4 heteroatoms. The fourth-order valence-corrected chi connectivity index (χ4v) is 3.87. The first kappa shape index (κ1) is 14.2. The Kier molecular flexibility index (Phi) is 4.93. The molecule has 1 aliphatic heterocycles. The van der Waals surface area contributed by atoms with E-state index in [-0.39, 0.29) is 0 Å². The monoisotopic (exact) mass is 331 g/mol. The third-order valence-corrected chi connectivity index (χ3v) is 4.67. The van der Waals surface area contributed by atoms with Crippen molar-refractivity contribution in [1.82, 2.24) is 4.90 Å². The Morgan fingerprint density at radius 2 is 2.28 bits per heavy atom. The van der Waals surface area contributed by atoms with Crippen molar-refractivity contribution in [2.75, 3.05) is 19.0 Å². The summed E-state index contributed by atoms with van der Waals surface area (Å²) < 4.78 is 5.41. The summed E-state index contributed by atoms with van der Waals surface area (Å²) in [6.45, 7) is 4.37. The zero-order chi connectivity index (χ0) is 13.1. The maximum atomic E-state index is 6.07. The standard InChI is InChI=1S/C14H19BrClNO/c1-10-5-6-17(13(10)8-15)9-11-7-12(16)3-4-14(11)18-2/h3-4,7,10,13H,5-6,8-9H2,1-2H3. The van der Waals surface area contributed by atoms with Gasteiger partial charge in [0.25, 0.3) is 0 Å². The molecule has 1 aliphatic rings. The van der Waals surface area contributed by atoms with Crippen molar-refractivity contribution in [3.05, 3.63) is 28.8 Å². The molecule has 0 N–H and O–H groups in total. The number of rotatable bonds is 4. The summed E-state index contributed by atoms with van der Waals surface area (Å²) in [7, 11) is 1.71. The van der Waals surface area contributed by atoms with E-state index < -0.39 is 0 Å². The molecule has 0 spiro atoms. The lowest BCUT2D eigenvalue weighted by molar-refractivity contribution is 0.240. The fourth-order valence-electron chi connectivity index (χ4n) is 2.62. The molecule has 0 amide bonds. The van der Waals surface area contributed by atoms with Crippen LogP contribution in [-0.2, 0) is 6.54 Å². The van der Waals surface area contributed by atoms with E-state index >= 15 is 0 Å². The Morgan fingerprint density at radius 3 is 2.94 bits per heavy atom. The first-order chi connectivity index (χ1) is 8.65. The summed E-state index contributed by atoms with van der Waals surface area (Å²) in [6.07, 6.45) is 1.26. The summed E-state index contributed by atoms with van der Waals surface area (Å²) in [5, 5.41) is 1.80. The predicted molar refractivity (Wildman–Crippen MR) is 79.8 cm³/mol. The largest absolute Gasteiger partial charge is 0.496 e. The van der Waals surface area contributed by atoms with Crippen LogP contribution >= 0.6 is 27.5 Å². The van der Waals surface area contributed by atoms with Gasteiger partial charge in [-0.05, 0) is 37.1 Å². The summed E-state index contributed by atoms with van der Waals surface area (Å²) in [4.78, 5) is 2.51. The maximum absolute atomic E-state index is 6.07. The van der Waals surface area contributed by atoms with E-state index in [1.807, 2.05) is 18.2 Å². The van der Waals surface area contributed by atoms with E-state index in [4.69, 9.17) is 16.3 Å². The summed E-state index contributed by atoms with van der Waals surface area (Å²) in [6, 6.07) is 6.43. The van der Waals surface area contributed by atoms with Gasteiger partial charge in [-0.15, -0.1) is 0 Å². The summed E-state index contributed by atoms with van der Waals surface area (Å²) in [5.41, 5.74) is 1.17. The predicted octanol–water partition coefficient (Wildman–Crippen LogP) is 3.95. The van der Waals surface area contributed by atoms with Gasteiger partial charge in [-0.1, -0.05) is 34.5 Å². The van der Waals surface area contributed by atoms with Gasteiger partial charge in [0.15, 0.2) is 0 Å². The highest BCUT2D eigenvalue weighted by Crippen LogP contribution is 2.30. The number of alkyl halides is 1. The van der Waals surface area contributed by atoms with Crippen LogP contribution in [0.5, 0.6) is 5.75 Å². The van der Waals surface area contributed by atoms with Crippen molar-refractivity contribution >= 4 is 27.5 Å². The number of methoxy groups -OCH3 is 1. The van der Waals surface area contributed by atoms with Crippen molar-refractivity contribution in [2.24, 2.45) is 5.92 Å². The highest BCUT2D eigenvalue weighted by atomic mass is 79.9. The highest BCUT2D eigenvalue weighted by molar-refractivity contribution is 9.09. The molecule has 1 saturated heterocycles. The Morgan fingerprint density at radius 1 is 1.50 bits per heavy atom. The average Bonchev–Trinajstić information content (AvgIpc) is 2.70. The Labute approximate surface area is 122 Å². The lowest BCUT2D eigenvalue weighted by Gasteiger charge is -2.25. The van der Waals surface area contributed by atoms with Crippen LogP contribution in [0.25, 0.3) is 0 Å². The molecule has 0 radical (unpaired) electrons. The molecule has 0 bridgehead atoms. The minimum absolute atomic E-state index is 0.605. The van der Waals surface area contributed by atoms with Crippen LogP contribution < -0.4 is 4.74 Å². The fraction of sp³-hybridized carbons (Fsp3) is 0.571. The SMILES string of the molecule is COc1ccc(Cl)cc1CN1CCC(C)C1CBr. The molecular weight excluding hydrogens is 314 g/mol. The maximum Gasteiger partial charge on any atom is 0.123 e. The molecule has 2 unspecified atom stereocenters. The Balaban J connectivity index is 2.16. The third-order valence-electron chi connectivity index (χ3n) is 3.77. The lowest BCUT2D eigenvalue weighted by atomic mass is 10.0. The van der Waals surface area contributed by atoms with Crippen LogP contribution in [0.1, 0.15) is 18.9 Å². The normalized spacial score (nSPS) is 24.4. The van der Waals surface area contributed by atoms with Crippen LogP contribution in [0.4, 0.5) is 0 Å². The van der Waals surface area contributed by atoms with E-state index in [1.54, 1.807) is 7.11 Å². The van der Waals surface area contributed by atoms with Crippen LogP contribution in [0, 0.1) is 5.92 Å². The molecule has 1 aromatic rings. The molecule has 0 aliphatic carbocycles. The topological polar surface area (TPSA) is 12.5 Å². The molecule has 1 aromatic carbocycles. The summed E-state index contributed by atoms with van der Waals surface area (Å²) in [5.74, 6) is 1.67.